The first-order valence-electron chi connectivity index (χ1n) is 3.33. The smallest absolute Gasteiger partial charge is 0.341 e. The maximum absolute atomic E-state index is 11.2. The zero-order chi connectivity index (χ0) is 8.72. The maximum atomic E-state index is 11.2. The quantitative estimate of drug-likeness (QED) is 0.542. The Morgan fingerprint density at radius 1 is 1.42 bits per heavy atom. The Balaban J connectivity index is 2.67. The van der Waals surface area contributed by atoms with Crippen LogP contribution in [0.3, 0.4) is 0 Å². The summed E-state index contributed by atoms with van der Waals surface area (Å²) in [6, 6.07) is 5.56. The van der Waals surface area contributed by atoms with Crippen LogP contribution in [-0.4, -0.2) is 5.97 Å². The third-order valence-corrected chi connectivity index (χ3v) is 3.05. The number of fused-ring (bicyclic) bond motifs is 1. The lowest BCUT2D eigenvalue weighted by molar-refractivity contribution is 0.0529. The lowest BCUT2D eigenvalue weighted by Crippen LogP contribution is -1.94. The van der Waals surface area contributed by atoms with E-state index in [2.05, 4.69) is 31.9 Å². The number of halogens is 2. The number of esters is 1. The minimum absolute atomic E-state index is 0.278. The molecule has 1 aliphatic rings. The molecule has 0 saturated heterocycles. The van der Waals surface area contributed by atoms with Crippen molar-refractivity contribution in [1.82, 2.24) is 0 Å². The van der Waals surface area contributed by atoms with Crippen molar-refractivity contribution in [1.29, 1.82) is 0 Å². The molecule has 1 aromatic carbocycles. The second-order valence-corrected chi connectivity index (χ2v) is 4.11. The van der Waals surface area contributed by atoms with Crippen LogP contribution in [0.15, 0.2) is 22.7 Å². The van der Waals surface area contributed by atoms with Crippen LogP contribution in [0.4, 0.5) is 0 Å². The molecule has 4 heteroatoms. The molecule has 62 valence electrons. The Labute approximate surface area is 86.2 Å². The van der Waals surface area contributed by atoms with Gasteiger partial charge in [0.05, 0.1) is 5.56 Å². The van der Waals surface area contributed by atoms with Crippen molar-refractivity contribution in [3.63, 3.8) is 0 Å². The van der Waals surface area contributed by atoms with Gasteiger partial charge in [-0.05, 0) is 37.9 Å². The van der Waals surface area contributed by atoms with E-state index in [9.17, 15) is 4.79 Å². The van der Waals surface area contributed by atoms with Gasteiger partial charge in [0.1, 0.15) is 0 Å². The van der Waals surface area contributed by atoms with Gasteiger partial charge in [-0.25, -0.2) is 4.79 Å². The molecule has 0 aromatic heterocycles. The summed E-state index contributed by atoms with van der Waals surface area (Å²) in [6.07, 6.45) is 0. The fraction of sp³-hybridized carbons (Fsp3) is 0.125. The molecule has 0 radical (unpaired) electrons. The second kappa shape index (κ2) is 2.85. The van der Waals surface area contributed by atoms with E-state index in [1.54, 1.807) is 0 Å². The number of alkyl halides is 1. The van der Waals surface area contributed by atoms with Crippen LogP contribution in [0.25, 0.3) is 0 Å². The van der Waals surface area contributed by atoms with E-state index in [-0.39, 0.29) is 11.0 Å². The summed E-state index contributed by atoms with van der Waals surface area (Å²) >= 11 is 6.54. The first-order chi connectivity index (χ1) is 5.70. The SMILES string of the molecule is O=C1O[C@@H](Br)c2cccc(Br)c21. The first kappa shape index (κ1) is 8.26. The summed E-state index contributed by atoms with van der Waals surface area (Å²) in [4.78, 5) is 11.2. The molecule has 0 fully saturated rings. The largest absolute Gasteiger partial charge is 0.442 e. The van der Waals surface area contributed by atoms with Crippen molar-refractivity contribution >= 4 is 37.8 Å². The molecular formula is C8H4Br2O2. The Morgan fingerprint density at radius 2 is 2.17 bits per heavy atom. The number of benzene rings is 1. The molecule has 2 rings (SSSR count). The van der Waals surface area contributed by atoms with Crippen molar-refractivity contribution in [2.45, 2.75) is 5.01 Å². The zero-order valence-electron chi connectivity index (χ0n) is 5.88. The van der Waals surface area contributed by atoms with E-state index in [1.807, 2.05) is 18.2 Å². The predicted molar refractivity (Wildman–Crippen MR) is 51.2 cm³/mol. The minimum atomic E-state index is -0.294. The van der Waals surface area contributed by atoms with Crippen LogP contribution in [0.5, 0.6) is 0 Å². The summed E-state index contributed by atoms with van der Waals surface area (Å²) in [7, 11) is 0. The van der Waals surface area contributed by atoms with Crippen molar-refractivity contribution < 1.29 is 9.53 Å². The Morgan fingerprint density at radius 3 is 2.83 bits per heavy atom. The summed E-state index contributed by atoms with van der Waals surface area (Å²) < 4.78 is 5.74. The van der Waals surface area contributed by atoms with E-state index in [0.29, 0.717) is 5.56 Å². The van der Waals surface area contributed by atoms with E-state index in [4.69, 9.17) is 4.74 Å². The normalized spacial score (nSPS) is 20.5. The molecular weight excluding hydrogens is 288 g/mol. The number of carbonyl (C=O) groups is 1. The van der Waals surface area contributed by atoms with Crippen molar-refractivity contribution in [2.75, 3.05) is 0 Å². The number of hydrogen-bond donors (Lipinski definition) is 0. The first-order valence-corrected chi connectivity index (χ1v) is 5.04. The van der Waals surface area contributed by atoms with Gasteiger partial charge >= 0.3 is 5.97 Å². The van der Waals surface area contributed by atoms with E-state index < -0.39 is 0 Å². The fourth-order valence-electron chi connectivity index (χ4n) is 1.16. The molecule has 0 saturated carbocycles. The van der Waals surface area contributed by atoms with Gasteiger partial charge in [-0.2, -0.15) is 0 Å². The molecule has 0 spiro atoms. The molecule has 12 heavy (non-hydrogen) atoms. The van der Waals surface area contributed by atoms with Gasteiger partial charge in [-0.15, -0.1) is 0 Å². The van der Waals surface area contributed by atoms with Gasteiger partial charge < -0.3 is 4.74 Å². The van der Waals surface area contributed by atoms with Crippen LogP contribution in [0, 0.1) is 0 Å². The second-order valence-electron chi connectivity index (χ2n) is 2.43. The van der Waals surface area contributed by atoms with Crippen molar-refractivity contribution in [3.05, 3.63) is 33.8 Å². The summed E-state index contributed by atoms with van der Waals surface area (Å²) in [5.41, 5.74) is 1.51. The topological polar surface area (TPSA) is 26.3 Å². The lowest BCUT2D eigenvalue weighted by atomic mass is 10.1. The highest BCUT2D eigenvalue weighted by molar-refractivity contribution is 9.10. The number of hydrogen-bond acceptors (Lipinski definition) is 2. The summed E-state index contributed by atoms with van der Waals surface area (Å²) in [5, 5.41) is -0.294. The van der Waals surface area contributed by atoms with Gasteiger partial charge in [0, 0.05) is 10.0 Å². The lowest BCUT2D eigenvalue weighted by Gasteiger charge is -1.98. The van der Waals surface area contributed by atoms with E-state index >= 15 is 0 Å². The van der Waals surface area contributed by atoms with Crippen LogP contribution in [0.2, 0.25) is 0 Å². The molecule has 0 aliphatic carbocycles. The highest BCUT2D eigenvalue weighted by Gasteiger charge is 2.30. The Hall–Kier alpha value is -0.350. The summed E-state index contributed by atoms with van der Waals surface area (Å²) in [5.74, 6) is -0.278. The number of ether oxygens (including phenoxy) is 1. The molecule has 1 heterocycles. The highest BCUT2D eigenvalue weighted by atomic mass is 79.9. The molecule has 0 unspecified atom stereocenters. The van der Waals surface area contributed by atoms with Crippen LogP contribution in [-0.2, 0) is 4.74 Å². The zero-order valence-corrected chi connectivity index (χ0v) is 9.05. The van der Waals surface area contributed by atoms with Crippen molar-refractivity contribution in [3.8, 4) is 0 Å². The van der Waals surface area contributed by atoms with Gasteiger partial charge in [-0.3, -0.25) is 0 Å². The van der Waals surface area contributed by atoms with Gasteiger partial charge in [0.2, 0.25) is 0 Å². The molecule has 1 aliphatic heterocycles. The Bertz CT molecular complexity index is 349. The van der Waals surface area contributed by atoms with E-state index in [0.717, 1.165) is 10.0 Å². The molecule has 0 N–H and O–H groups in total. The van der Waals surface area contributed by atoms with Crippen LogP contribution < -0.4 is 0 Å². The number of carbonyl (C=O) groups excluding carboxylic acids is 1. The minimum Gasteiger partial charge on any atom is -0.442 e. The number of rotatable bonds is 0. The van der Waals surface area contributed by atoms with Gasteiger partial charge in [0.25, 0.3) is 0 Å². The summed E-state index contributed by atoms with van der Waals surface area (Å²) in [6.45, 7) is 0. The number of cyclic esters (lactones) is 1. The average molecular weight is 292 g/mol. The molecule has 2 nitrogen and oxygen atoms in total. The highest BCUT2D eigenvalue weighted by Crippen LogP contribution is 2.38. The standard InChI is InChI=1S/C8H4Br2O2/c9-5-3-1-2-4-6(5)8(11)12-7(4)10/h1-3,7H/t7-/m1/s1. The monoisotopic (exact) mass is 290 g/mol. The van der Waals surface area contributed by atoms with E-state index in [1.165, 1.54) is 0 Å². The maximum Gasteiger partial charge on any atom is 0.341 e. The third kappa shape index (κ3) is 1.10. The molecule has 1 aromatic rings. The molecule has 0 amide bonds. The predicted octanol–water partition coefficient (Wildman–Crippen LogP) is 3.01. The average Bonchev–Trinajstić information content (AvgIpc) is 2.29. The molecule has 1 atom stereocenters. The Kier molecular flexibility index (Phi) is 1.96. The fourth-order valence-corrected chi connectivity index (χ4v) is 2.26. The van der Waals surface area contributed by atoms with Crippen molar-refractivity contribution in [2.24, 2.45) is 0 Å². The molecule has 0 bridgehead atoms. The van der Waals surface area contributed by atoms with Crippen LogP contribution in [0.1, 0.15) is 20.9 Å². The van der Waals surface area contributed by atoms with Gasteiger partial charge in [0.15, 0.2) is 5.01 Å². The van der Waals surface area contributed by atoms with Crippen LogP contribution >= 0.6 is 31.9 Å². The third-order valence-electron chi connectivity index (χ3n) is 1.70. The van der Waals surface area contributed by atoms with Gasteiger partial charge in [-0.1, -0.05) is 12.1 Å².